The second kappa shape index (κ2) is 6.06. The number of sulfonamides is 1. The summed E-state index contributed by atoms with van der Waals surface area (Å²) >= 11 is 1.78. The maximum Gasteiger partial charge on any atom is 0.216 e. The summed E-state index contributed by atoms with van der Waals surface area (Å²) in [5, 5.41) is 8.92. The highest BCUT2D eigenvalue weighted by Crippen LogP contribution is 2.18. The monoisotopic (exact) mass is 287 g/mol. The summed E-state index contributed by atoms with van der Waals surface area (Å²) in [6, 6.07) is 7.06. The number of thioether (sulfide) groups is 1. The molecule has 1 aromatic carbocycles. The van der Waals surface area contributed by atoms with Crippen molar-refractivity contribution in [2.24, 2.45) is 0 Å². The van der Waals surface area contributed by atoms with E-state index in [0.717, 1.165) is 29.1 Å². The fourth-order valence-corrected chi connectivity index (χ4v) is 4.56. The van der Waals surface area contributed by atoms with Crippen molar-refractivity contribution in [3.05, 3.63) is 35.4 Å². The third-order valence-electron chi connectivity index (χ3n) is 2.84. The Balaban J connectivity index is 1.97. The molecule has 4 nitrogen and oxygen atoms in total. The average Bonchev–Trinajstić information content (AvgIpc) is 2.81. The van der Waals surface area contributed by atoms with Crippen molar-refractivity contribution >= 4 is 21.8 Å². The van der Waals surface area contributed by atoms with Crippen molar-refractivity contribution in [1.29, 1.82) is 0 Å². The quantitative estimate of drug-likeness (QED) is 0.851. The predicted octanol–water partition coefficient (Wildman–Crippen LogP) is 1.10. The van der Waals surface area contributed by atoms with E-state index < -0.39 is 10.0 Å². The SMILES string of the molecule is O=S(=O)(Cc1ccc(CO)cc1)NC1CCSC1. The van der Waals surface area contributed by atoms with Crippen LogP contribution in [0.1, 0.15) is 17.5 Å². The second-order valence-corrected chi connectivity index (χ2v) is 7.32. The minimum atomic E-state index is -3.26. The Labute approximate surface area is 112 Å². The molecule has 1 unspecified atom stereocenters. The standard InChI is InChI=1S/C12H17NO3S2/c14-7-10-1-3-11(4-2-10)9-18(15,16)13-12-5-6-17-8-12/h1-4,12-14H,5-9H2. The molecule has 1 saturated heterocycles. The lowest BCUT2D eigenvalue weighted by molar-refractivity contribution is 0.282. The molecule has 1 aromatic rings. The van der Waals surface area contributed by atoms with E-state index in [2.05, 4.69) is 4.72 Å². The molecule has 100 valence electrons. The molecule has 2 rings (SSSR count). The molecule has 2 N–H and O–H groups in total. The highest BCUT2D eigenvalue weighted by atomic mass is 32.2. The van der Waals surface area contributed by atoms with E-state index in [9.17, 15) is 8.42 Å². The van der Waals surface area contributed by atoms with Crippen LogP contribution in [-0.2, 0) is 22.4 Å². The zero-order chi connectivity index (χ0) is 13.0. The van der Waals surface area contributed by atoms with Crippen molar-refractivity contribution in [2.75, 3.05) is 11.5 Å². The molecule has 0 spiro atoms. The van der Waals surface area contributed by atoms with Crippen LogP contribution in [0.15, 0.2) is 24.3 Å². The number of hydrogen-bond donors (Lipinski definition) is 2. The van der Waals surface area contributed by atoms with Gasteiger partial charge in [-0.1, -0.05) is 24.3 Å². The van der Waals surface area contributed by atoms with Gasteiger partial charge < -0.3 is 5.11 Å². The van der Waals surface area contributed by atoms with Gasteiger partial charge in [-0.25, -0.2) is 13.1 Å². The zero-order valence-electron chi connectivity index (χ0n) is 10.0. The van der Waals surface area contributed by atoms with E-state index in [4.69, 9.17) is 5.11 Å². The first kappa shape index (κ1) is 13.9. The minimum absolute atomic E-state index is 0.000124. The molecule has 18 heavy (non-hydrogen) atoms. The van der Waals surface area contributed by atoms with Crippen molar-refractivity contribution in [2.45, 2.75) is 24.8 Å². The lowest BCUT2D eigenvalue weighted by Crippen LogP contribution is -2.35. The van der Waals surface area contributed by atoms with Gasteiger partial charge in [0.15, 0.2) is 0 Å². The van der Waals surface area contributed by atoms with Crippen molar-refractivity contribution in [3.63, 3.8) is 0 Å². The number of nitrogens with one attached hydrogen (secondary N) is 1. The van der Waals surface area contributed by atoms with E-state index in [1.54, 1.807) is 36.0 Å². The third kappa shape index (κ3) is 3.98. The molecule has 1 aliphatic rings. The molecule has 1 fully saturated rings. The Kier molecular flexibility index (Phi) is 4.66. The first-order valence-electron chi connectivity index (χ1n) is 5.85. The molecule has 6 heteroatoms. The van der Waals surface area contributed by atoms with Gasteiger partial charge in [-0.2, -0.15) is 11.8 Å². The fraction of sp³-hybridized carbons (Fsp3) is 0.500. The highest BCUT2D eigenvalue weighted by Gasteiger charge is 2.21. The Hall–Kier alpha value is -0.560. The van der Waals surface area contributed by atoms with Crippen LogP contribution in [-0.4, -0.2) is 31.1 Å². The van der Waals surface area contributed by atoms with Crippen LogP contribution in [0, 0.1) is 0 Å². The summed E-state index contributed by atoms with van der Waals surface area (Å²) in [6.45, 7) is -0.0232. The summed E-state index contributed by atoms with van der Waals surface area (Å²) < 4.78 is 26.6. The van der Waals surface area contributed by atoms with Crippen LogP contribution in [0.3, 0.4) is 0 Å². The van der Waals surface area contributed by atoms with Gasteiger partial charge in [-0.05, 0) is 23.3 Å². The number of benzene rings is 1. The Morgan fingerprint density at radius 3 is 2.50 bits per heavy atom. The number of aliphatic hydroxyl groups excluding tert-OH is 1. The van der Waals surface area contributed by atoms with Crippen molar-refractivity contribution < 1.29 is 13.5 Å². The Morgan fingerprint density at radius 1 is 1.28 bits per heavy atom. The molecular formula is C12H17NO3S2. The first-order valence-corrected chi connectivity index (χ1v) is 8.66. The molecule has 1 aliphatic heterocycles. The van der Waals surface area contributed by atoms with E-state index >= 15 is 0 Å². The van der Waals surface area contributed by atoms with Gasteiger partial charge in [0, 0.05) is 11.8 Å². The van der Waals surface area contributed by atoms with Crippen LogP contribution >= 0.6 is 11.8 Å². The summed E-state index contributed by atoms with van der Waals surface area (Å²) in [5.74, 6) is 1.89. The summed E-state index contributed by atoms with van der Waals surface area (Å²) in [5.41, 5.74) is 1.53. The van der Waals surface area contributed by atoms with Crippen LogP contribution in [0.5, 0.6) is 0 Å². The molecule has 0 amide bonds. The third-order valence-corrected chi connectivity index (χ3v) is 5.41. The normalized spacial score (nSPS) is 20.2. The smallest absolute Gasteiger partial charge is 0.216 e. The van der Waals surface area contributed by atoms with Gasteiger partial charge in [-0.3, -0.25) is 0 Å². The average molecular weight is 287 g/mol. The molecule has 0 bridgehead atoms. The molecule has 1 heterocycles. The van der Waals surface area contributed by atoms with Gasteiger partial charge in [0.25, 0.3) is 0 Å². The first-order chi connectivity index (χ1) is 8.59. The number of hydrogen-bond acceptors (Lipinski definition) is 4. The zero-order valence-corrected chi connectivity index (χ0v) is 11.6. The van der Waals surface area contributed by atoms with Crippen molar-refractivity contribution in [3.8, 4) is 0 Å². The van der Waals surface area contributed by atoms with Crippen LogP contribution in [0.4, 0.5) is 0 Å². The van der Waals surface area contributed by atoms with Gasteiger partial charge >= 0.3 is 0 Å². The topological polar surface area (TPSA) is 66.4 Å². The van der Waals surface area contributed by atoms with Crippen LogP contribution < -0.4 is 4.72 Å². The van der Waals surface area contributed by atoms with E-state index in [-0.39, 0.29) is 18.4 Å². The van der Waals surface area contributed by atoms with Crippen LogP contribution in [0.25, 0.3) is 0 Å². The minimum Gasteiger partial charge on any atom is -0.392 e. The molecule has 0 radical (unpaired) electrons. The van der Waals surface area contributed by atoms with Gasteiger partial charge in [0.2, 0.25) is 10.0 Å². The van der Waals surface area contributed by atoms with Gasteiger partial charge in [-0.15, -0.1) is 0 Å². The molecule has 0 saturated carbocycles. The summed E-state index contributed by atoms with van der Waals surface area (Å²) in [4.78, 5) is 0. The van der Waals surface area contributed by atoms with Gasteiger partial charge in [0.05, 0.1) is 12.4 Å². The molecular weight excluding hydrogens is 270 g/mol. The highest BCUT2D eigenvalue weighted by molar-refractivity contribution is 7.99. The van der Waals surface area contributed by atoms with Gasteiger partial charge in [0.1, 0.15) is 0 Å². The van der Waals surface area contributed by atoms with E-state index in [1.165, 1.54) is 0 Å². The van der Waals surface area contributed by atoms with Crippen LogP contribution in [0.2, 0.25) is 0 Å². The Morgan fingerprint density at radius 2 is 1.94 bits per heavy atom. The lowest BCUT2D eigenvalue weighted by Gasteiger charge is -2.12. The Bertz CT molecular complexity index is 479. The van der Waals surface area contributed by atoms with Crippen molar-refractivity contribution in [1.82, 2.24) is 4.72 Å². The molecule has 0 aliphatic carbocycles. The number of rotatable bonds is 5. The predicted molar refractivity (Wildman–Crippen MR) is 73.9 cm³/mol. The molecule has 1 atom stereocenters. The second-order valence-electron chi connectivity index (χ2n) is 4.41. The van der Waals surface area contributed by atoms with E-state index in [0.29, 0.717) is 0 Å². The number of aliphatic hydroxyl groups is 1. The summed E-state index contributed by atoms with van der Waals surface area (Å²) in [7, 11) is -3.26. The fourth-order valence-electron chi connectivity index (χ4n) is 1.88. The maximum absolute atomic E-state index is 11.9. The van der Waals surface area contributed by atoms with E-state index in [1.807, 2.05) is 0 Å². The lowest BCUT2D eigenvalue weighted by atomic mass is 10.2. The maximum atomic E-state index is 11.9. The summed E-state index contributed by atoms with van der Waals surface area (Å²) in [6.07, 6.45) is 0.910. The molecule has 0 aromatic heterocycles. The largest absolute Gasteiger partial charge is 0.392 e.